The molecule has 0 radical (unpaired) electrons. The van der Waals surface area contributed by atoms with Crippen LogP contribution < -0.4 is 11.1 Å². The van der Waals surface area contributed by atoms with Gasteiger partial charge in [0.2, 0.25) is 11.8 Å². The van der Waals surface area contributed by atoms with Crippen molar-refractivity contribution in [2.45, 2.75) is 46.6 Å². The van der Waals surface area contributed by atoms with Crippen molar-refractivity contribution >= 4 is 11.8 Å². The van der Waals surface area contributed by atoms with Crippen molar-refractivity contribution < 1.29 is 9.59 Å². The molecule has 106 valence electrons. The Hall–Kier alpha value is -1.10. The van der Waals surface area contributed by atoms with Crippen LogP contribution in [0.2, 0.25) is 0 Å². The van der Waals surface area contributed by atoms with E-state index in [0.717, 1.165) is 19.4 Å². The second-order valence-corrected chi connectivity index (χ2v) is 5.13. The second-order valence-electron chi connectivity index (χ2n) is 5.13. The van der Waals surface area contributed by atoms with Crippen LogP contribution in [-0.4, -0.2) is 42.4 Å². The van der Waals surface area contributed by atoms with E-state index in [4.69, 9.17) is 5.73 Å². The minimum atomic E-state index is -0.393. The summed E-state index contributed by atoms with van der Waals surface area (Å²) in [6.45, 7) is 9.27. The molecule has 0 rings (SSSR count). The van der Waals surface area contributed by atoms with Crippen molar-refractivity contribution in [3.8, 4) is 0 Å². The summed E-state index contributed by atoms with van der Waals surface area (Å²) >= 11 is 0. The molecule has 1 atom stereocenters. The molecule has 0 bridgehead atoms. The van der Waals surface area contributed by atoms with Gasteiger partial charge in [-0.25, -0.2) is 0 Å². The summed E-state index contributed by atoms with van der Waals surface area (Å²) in [6.07, 6.45) is 1.99. The maximum Gasteiger partial charge on any atom is 0.234 e. The van der Waals surface area contributed by atoms with Crippen LogP contribution in [0.4, 0.5) is 0 Å². The zero-order chi connectivity index (χ0) is 14.1. The molecule has 0 saturated heterocycles. The third-order valence-electron chi connectivity index (χ3n) is 2.96. The molecule has 0 aromatic heterocycles. The van der Waals surface area contributed by atoms with Crippen LogP contribution in [-0.2, 0) is 9.59 Å². The first-order valence-corrected chi connectivity index (χ1v) is 6.66. The minimum Gasteiger partial charge on any atom is -0.369 e. The van der Waals surface area contributed by atoms with Crippen LogP contribution in [0.1, 0.15) is 40.5 Å². The lowest BCUT2D eigenvalue weighted by atomic mass is 10.1. The van der Waals surface area contributed by atoms with Gasteiger partial charge in [-0.15, -0.1) is 0 Å². The molecule has 5 nitrogen and oxygen atoms in total. The lowest BCUT2D eigenvalue weighted by molar-refractivity contribution is -0.124. The van der Waals surface area contributed by atoms with Crippen molar-refractivity contribution in [1.29, 1.82) is 0 Å². The molecule has 3 N–H and O–H groups in total. The predicted molar refractivity (Wildman–Crippen MR) is 73.0 cm³/mol. The number of carbonyl (C=O) groups excluding carboxylic acids is 2. The summed E-state index contributed by atoms with van der Waals surface area (Å²) in [5, 5.41) is 2.93. The molecule has 2 amide bonds. The molecule has 0 aromatic carbocycles. The molecule has 0 aliphatic carbocycles. The van der Waals surface area contributed by atoms with Gasteiger partial charge >= 0.3 is 0 Å². The molecule has 0 aliphatic rings. The number of primary amides is 1. The molecule has 0 heterocycles. The lowest BCUT2D eigenvalue weighted by Gasteiger charge is -2.22. The van der Waals surface area contributed by atoms with Gasteiger partial charge in [-0.2, -0.15) is 0 Å². The van der Waals surface area contributed by atoms with Crippen LogP contribution in [0.3, 0.4) is 0 Å². The van der Waals surface area contributed by atoms with Crippen LogP contribution in [0.5, 0.6) is 0 Å². The van der Waals surface area contributed by atoms with Crippen molar-refractivity contribution in [3.63, 3.8) is 0 Å². The number of carbonyl (C=O) groups is 2. The van der Waals surface area contributed by atoms with Gasteiger partial charge in [0.25, 0.3) is 0 Å². The number of rotatable bonds is 9. The fourth-order valence-electron chi connectivity index (χ4n) is 1.49. The van der Waals surface area contributed by atoms with E-state index >= 15 is 0 Å². The third-order valence-corrected chi connectivity index (χ3v) is 2.96. The Balaban J connectivity index is 4.20. The normalized spacial score (nSPS) is 12.8. The predicted octanol–water partition coefficient (Wildman–Crippen LogP) is 0.735. The van der Waals surface area contributed by atoms with Gasteiger partial charge in [0.05, 0.1) is 13.1 Å². The van der Waals surface area contributed by atoms with E-state index in [0.29, 0.717) is 5.92 Å². The van der Waals surface area contributed by atoms with Gasteiger partial charge in [-0.05, 0) is 25.8 Å². The monoisotopic (exact) mass is 257 g/mol. The number of unbranched alkanes of at least 4 members (excludes halogenated alkanes) is 1. The van der Waals surface area contributed by atoms with Gasteiger partial charge in [0, 0.05) is 6.04 Å². The highest BCUT2D eigenvalue weighted by atomic mass is 16.2. The fraction of sp³-hybridized carbons (Fsp3) is 0.846. The average Bonchev–Trinajstić information content (AvgIpc) is 2.24. The number of hydrogen-bond acceptors (Lipinski definition) is 3. The number of nitrogens with one attached hydrogen (secondary N) is 1. The number of amides is 2. The molecular formula is C13H27N3O2. The maximum atomic E-state index is 11.8. The summed E-state index contributed by atoms with van der Waals surface area (Å²) in [4.78, 5) is 24.5. The highest BCUT2D eigenvalue weighted by Crippen LogP contribution is 2.00. The van der Waals surface area contributed by atoms with Crippen molar-refractivity contribution in [2.75, 3.05) is 19.6 Å². The molecule has 0 aliphatic heterocycles. The van der Waals surface area contributed by atoms with E-state index in [9.17, 15) is 9.59 Å². The lowest BCUT2D eigenvalue weighted by Crippen LogP contribution is -2.45. The SMILES string of the molecule is CCCCN(CC(N)=O)CC(=O)N[C@H](C)C(C)C. The third kappa shape index (κ3) is 8.06. The molecular weight excluding hydrogens is 230 g/mol. The first kappa shape index (κ1) is 16.9. The minimum absolute atomic E-state index is 0.0476. The Morgan fingerprint density at radius 3 is 2.28 bits per heavy atom. The number of nitrogens with zero attached hydrogens (tertiary/aromatic N) is 1. The average molecular weight is 257 g/mol. The van der Waals surface area contributed by atoms with Crippen molar-refractivity contribution in [1.82, 2.24) is 10.2 Å². The van der Waals surface area contributed by atoms with Crippen LogP contribution in [0, 0.1) is 5.92 Å². The van der Waals surface area contributed by atoms with E-state index in [2.05, 4.69) is 26.1 Å². The highest BCUT2D eigenvalue weighted by molar-refractivity contribution is 5.80. The van der Waals surface area contributed by atoms with E-state index < -0.39 is 5.91 Å². The first-order valence-electron chi connectivity index (χ1n) is 6.66. The van der Waals surface area contributed by atoms with Gasteiger partial charge < -0.3 is 11.1 Å². The Labute approximate surface area is 110 Å². The Morgan fingerprint density at radius 2 is 1.83 bits per heavy atom. The van der Waals surface area contributed by atoms with E-state index in [1.165, 1.54) is 0 Å². The summed E-state index contributed by atoms with van der Waals surface area (Å²) in [7, 11) is 0. The first-order chi connectivity index (χ1) is 8.36. The Morgan fingerprint density at radius 1 is 1.22 bits per heavy atom. The molecule has 0 unspecified atom stereocenters. The molecule has 0 saturated carbocycles. The van der Waals surface area contributed by atoms with Crippen molar-refractivity contribution in [3.05, 3.63) is 0 Å². The highest BCUT2D eigenvalue weighted by Gasteiger charge is 2.15. The zero-order valence-corrected chi connectivity index (χ0v) is 12.0. The fourth-order valence-corrected chi connectivity index (χ4v) is 1.49. The van der Waals surface area contributed by atoms with E-state index in [1.807, 2.05) is 6.92 Å². The summed E-state index contributed by atoms with van der Waals surface area (Å²) < 4.78 is 0. The van der Waals surface area contributed by atoms with Crippen LogP contribution in [0.15, 0.2) is 0 Å². The van der Waals surface area contributed by atoms with Gasteiger partial charge in [0.15, 0.2) is 0 Å². The quantitative estimate of drug-likeness (QED) is 0.639. The Bertz CT molecular complexity index is 267. The standard InChI is InChI=1S/C13H27N3O2/c1-5-6-7-16(8-12(14)17)9-13(18)15-11(4)10(2)3/h10-11H,5-9H2,1-4H3,(H2,14,17)(H,15,18)/t11-/m1/s1. The summed E-state index contributed by atoms with van der Waals surface area (Å²) in [5.74, 6) is -0.0430. The van der Waals surface area contributed by atoms with E-state index in [-0.39, 0.29) is 25.0 Å². The smallest absolute Gasteiger partial charge is 0.234 e. The van der Waals surface area contributed by atoms with Gasteiger partial charge in [-0.3, -0.25) is 14.5 Å². The zero-order valence-electron chi connectivity index (χ0n) is 12.0. The topological polar surface area (TPSA) is 75.4 Å². The molecule has 0 aromatic rings. The van der Waals surface area contributed by atoms with Crippen LogP contribution >= 0.6 is 0 Å². The largest absolute Gasteiger partial charge is 0.369 e. The Kier molecular flexibility index (Phi) is 8.37. The molecule has 0 spiro atoms. The van der Waals surface area contributed by atoms with E-state index in [1.54, 1.807) is 4.90 Å². The maximum absolute atomic E-state index is 11.8. The van der Waals surface area contributed by atoms with Crippen LogP contribution in [0.25, 0.3) is 0 Å². The van der Waals surface area contributed by atoms with Crippen molar-refractivity contribution in [2.24, 2.45) is 11.7 Å². The number of hydrogen-bond donors (Lipinski definition) is 2. The number of nitrogens with two attached hydrogens (primary N) is 1. The summed E-state index contributed by atoms with van der Waals surface area (Å²) in [6, 6.07) is 0.138. The second kappa shape index (κ2) is 8.91. The van der Waals surface area contributed by atoms with Gasteiger partial charge in [0.1, 0.15) is 0 Å². The molecule has 5 heteroatoms. The van der Waals surface area contributed by atoms with Gasteiger partial charge in [-0.1, -0.05) is 27.2 Å². The molecule has 0 fully saturated rings. The summed E-state index contributed by atoms with van der Waals surface area (Å²) in [5.41, 5.74) is 5.18. The molecule has 18 heavy (non-hydrogen) atoms.